The van der Waals surface area contributed by atoms with Gasteiger partial charge in [0.2, 0.25) is 5.91 Å². The number of imidazole rings is 1. The van der Waals surface area contributed by atoms with Crippen LogP contribution >= 0.6 is 0 Å². The number of carbonyl (C=O) groups excluding carboxylic acids is 1. The van der Waals surface area contributed by atoms with Crippen molar-refractivity contribution in [2.45, 2.75) is 32.7 Å². The summed E-state index contributed by atoms with van der Waals surface area (Å²) in [6.45, 7) is 4.64. The normalized spacial score (nSPS) is 16.6. The molecular weight excluding hydrogens is 350 g/mol. The molecule has 1 N–H and O–H groups in total. The Hall–Kier alpha value is -3.41. The highest BCUT2D eigenvalue weighted by Crippen LogP contribution is 2.37. The molecule has 4 heterocycles. The van der Waals surface area contributed by atoms with E-state index in [0.717, 1.165) is 33.8 Å². The highest BCUT2D eigenvalue weighted by atomic mass is 16.1. The maximum atomic E-state index is 12.6. The summed E-state index contributed by atoms with van der Waals surface area (Å²) in [4.78, 5) is 17.4. The summed E-state index contributed by atoms with van der Waals surface area (Å²) in [6.07, 6.45) is 6.14. The Morgan fingerprint density at radius 1 is 1.14 bits per heavy atom. The van der Waals surface area contributed by atoms with Crippen molar-refractivity contribution in [3.63, 3.8) is 0 Å². The van der Waals surface area contributed by atoms with E-state index in [1.54, 1.807) is 6.20 Å². The average molecular weight is 371 g/mol. The molecule has 5 rings (SSSR count). The van der Waals surface area contributed by atoms with Gasteiger partial charge in [0.15, 0.2) is 0 Å². The van der Waals surface area contributed by atoms with Gasteiger partial charge in [0.1, 0.15) is 5.65 Å². The van der Waals surface area contributed by atoms with Crippen molar-refractivity contribution in [2.75, 3.05) is 0 Å². The van der Waals surface area contributed by atoms with E-state index in [-0.39, 0.29) is 11.8 Å². The smallest absolute Gasteiger partial charge is 0.221 e. The molecule has 0 spiro atoms. The van der Waals surface area contributed by atoms with E-state index < -0.39 is 0 Å². The van der Waals surface area contributed by atoms with E-state index in [9.17, 15) is 4.79 Å². The van der Waals surface area contributed by atoms with Crippen LogP contribution in [0, 0.1) is 13.8 Å². The molecule has 0 bridgehead atoms. The van der Waals surface area contributed by atoms with Gasteiger partial charge in [-0.1, -0.05) is 23.8 Å². The number of fused-ring (bicyclic) bond motifs is 3. The molecule has 28 heavy (non-hydrogen) atoms. The fraction of sp³-hybridized carbons (Fsp3) is 0.227. The first-order chi connectivity index (χ1) is 13.6. The number of nitrogens with one attached hydrogen (secondary N) is 1. The highest BCUT2D eigenvalue weighted by molar-refractivity contribution is 5.79. The van der Waals surface area contributed by atoms with E-state index in [1.807, 2.05) is 41.3 Å². The maximum Gasteiger partial charge on any atom is 0.221 e. The first kappa shape index (κ1) is 16.7. The van der Waals surface area contributed by atoms with Gasteiger partial charge in [0.05, 0.1) is 23.6 Å². The number of amides is 1. The molecule has 140 valence electrons. The van der Waals surface area contributed by atoms with Crippen LogP contribution in [0.5, 0.6) is 0 Å². The predicted octanol–water partition coefficient (Wildman–Crippen LogP) is 3.29. The van der Waals surface area contributed by atoms with Crippen LogP contribution in [-0.4, -0.2) is 25.1 Å². The minimum atomic E-state index is -0.104. The Bertz CT molecular complexity index is 1190. The second-order valence-electron chi connectivity index (χ2n) is 7.38. The minimum absolute atomic E-state index is 0.0401. The Kier molecular flexibility index (Phi) is 3.79. The van der Waals surface area contributed by atoms with E-state index in [2.05, 4.69) is 40.8 Å². The molecule has 1 amide bonds. The Labute approximate surface area is 162 Å². The van der Waals surface area contributed by atoms with Gasteiger partial charge in [-0.15, -0.1) is 0 Å². The van der Waals surface area contributed by atoms with Gasteiger partial charge < -0.3 is 9.72 Å². The first-order valence-electron chi connectivity index (χ1n) is 9.45. The number of aromatic nitrogens is 4. The maximum absolute atomic E-state index is 12.6. The molecule has 0 saturated carbocycles. The molecule has 1 aliphatic heterocycles. The number of carbonyl (C=O) groups is 1. The molecule has 3 aromatic heterocycles. The van der Waals surface area contributed by atoms with Crippen LogP contribution in [0.2, 0.25) is 0 Å². The third-order valence-electron chi connectivity index (χ3n) is 5.40. The topological polar surface area (TPSA) is 64.2 Å². The summed E-state index contributed by atoms with van der Waals surface area (Å²) in [5.74, 6) is -0.0639. The van der Waals surface area contributed by atoms with Gasteiger partial charge in [-0.05, 0) is 43.2 Å². The fourth-order valence-corrected chi connectivity index (χ4v) is 4.33. The van der Waals surface area contributed by atoms with E-state index in [0.29, 0.717) is 13.0 Å². The summed E-state index contributed by atoms with van der Waals surface area (Å²) in [5, 5.41) is 7.48. The number of benzene rings is 1. The number of pyridine rings is 1. The van der Waals surface area contributed by atoms with Crippen LogP contribution in [-0.2, 0) is 11.3 Å². The van der Waals surface area contributed by atoms with Crippen LogP contribution < -0.4 is 5.32 Å². The van der Waals surface area contributed by atoms with Crippen molar-refractivity contribution >= 4 is 11.6 Å². The summed E-state index contributed by atoms with van der Waals surface area (Å²) < 4.78 is 4.01. The number of nitrogens with zero attached hydrogens (tertiary/aromatic N) is 4. The molecule has 1 aromatic carbocycles. The molecule has 6 heteroatoms. The molecule has 4 aromatic rings. The van der Waals surface area contributed by atoms with Gasteiger partial charge in [0, 0.05) is 30.9 Å². The van der Waals surface area contributed by atoms with Gasteiger partial charge >= 0.3 is 0 Å². The summed E-state index contributed by atoms with van der Waals surface area (Å²) in [7, 11) is 0. The van der Waals surface area contributed by atoms with Crippen LogP contribution in [0.3, 0.4) is 0 Å². The number of hydrogen-bond donors (Lipinski definition) is 1. The van der Waals surface area contributed by atoms with Gasteiger partial charge in [-0.2, -0.15) is 5.10 Å². The number of rotatable bonds is 2. The monoisotopic (exact) mass is 371 g/mol. The zero-order chi connectivity index (χ0) is 19.3. The first-order valence-corrected chi connectivity index (χ1v) is 9.45. The number of aryl methyl sites for hydroxylation is 2. The lowest BCUT2D eigenvalue weighted by Crippen LogP contribution is -2.22. The lowest BCUT2D eigenvalue weighted by Gasteiger charge is -2.22. The lowest BCUT2D eigenvalue weighted by molar-refractivity contribution is -0.121. The largest absolute Gasteiger partial charge is 0.350 e. The summed E-state index contributed by atoms with van der Waals surface area (Å²) >= 11 is 0. The second-order valence-corrected chi connectivity index (χ2v) is 7.38. The zero-order valence-electron chi connectivity index (χ0n) is 15.9. The Balaban J connectivity index is 1.81. The SMILES string of the molecule is Cc1cc(C)c(-n2cccn2)c([C@H]2CC(=O)NCc3nc4ccccn4c32)c1. The molecule has 0 fully saturated rings. The predicted molar refractivity (Wildman–Crippen MR) is 107 cm³/mol. The quantitative estimate of drug-likeness (QED) is 0.588. The van der Waals surface area contributed by atoms with Crippen LogP contribution in [0.1, 0.15) is 40.4 Å². The molecule has 0 saturated heterocycles. The van der Waals surface area contributed by atoms with E-state index in [1.165, 1.54) is 5.56 Å². The molecule has 1 aliphatic rings. The van der Waals surface area contributed by atoms with Gasteiger partial charge in [-0.25, -0.2) is 9.67 Å². The zero-order valence-corrected chi connectivity index (χ0v) is 15.9. The third kappa shape index (κ3) is 2.60. The Morgan fingerprint density at radius 2 is 2.04 bits per heavy atom. The van der Waals surface area contributed by atoms with Crippen molar-refractivity contribution in [3.05, 3.63) is 83.1 Å². The average Bonchev–Trinajstić information content (AvgIpc) is 3.28. The molecule has 1 atom stereocenters. The molecular formula is C22H21N5O. The van der Waals surface area contributed by atoms with E-state index in [4.69, 9.17) is 4.98 Å². The second kappa shape index (κ2) is 6.34. The summed E-state index contributed by atoms with van der Waals surface area (Å²) in [5.41, 5.74) is 7.35. The minimum Gasteiger partial charge on any atom is -0.350 e. The van der Waals surface area contributed by atoms with Crippen molar-refractivity contribution < 1.29 is 4.79 Å². The molecule has 6 nitrogen and oxygen atoms in total. The molecule has 0 aliphatic carbocycles. The standard InChI is InChI=1S/C22H21N5O/c1-14-10-15(2)21(27-9-5-7-24-27)16(11-14)17-12-20(28)23-13-18-22(17)26-8-4-3-6-19(26)25-18/h3-11,17H,12-13H2,1-2H3,(H,23,28)/t17-/m1/s1. The summed E-state index contributed by atoms with van der Waals surface area (Å²) in [6, 6.07) is 12.3. The van der Waals surface area contributed by atoms with Crippen LogP contribution in [0.25, 0.3) is 11.3 Å². The lowest BCUT2D eigenvalue weighted by atomic mass is 9.87. The van der Waals surface area contributed by atoms with Crippen molar-refractivity contribution in [2.24, 2.45) is 0 Å². The molecule has 0 unspecified atom stereocenters. The van der Waals surface area contributed by atoms with Gasteiger partial charge in [-0.3, -0.25) is 4.79 Å². The van der Waals surface area contributed by atoms with Crippen molar-refractivity contribution in [1.29, 1.82) is 0 Å². The number of hydrogen-bond acceptors (Lipinski definition) is 3. The van der Waals surface area contributed by atoms with Crippen molar-refractivity contribution in [3.8, 4) is 5.69 Å². The van der Waals surface area contributed by atoms with E-state index >= 15 is 0 Å². The van der Waals surface area contributed by atoms with Gasteiger partial charge in [0.25, 0.3) is 0 Å². The van der Waals surface area contributed by atoms with Crippen LogP contribution in [0.4, 0.5) is 0 Å². The molecule has 0 radical (unpaired) electrons. The van der Waals surface area contributed by atoms with Crippen molar-refractivity contribution in [1.82, 2.24) is 24.5 Å². The van der Waals surface area contributed by atoms with Crippen LogP contribution in [0.15, 0.2) is 55.0 Å². The third-order valence-corrected chi connectivity index (χ3v) is 5.40. The highest BCUT2D eigenvalue weighted by Gasteiger charge is 2.31. The Morgan fingerprint density at radius 3 is 2.86 bits per heavy atom. The fourth-order valence-electron chi connectivity index (χ4n) is 4.33.